The van der Waals surface area contributed by atoms with E-state index in [4.69, 9.17) is 4.74 Å². The van der Waals surface area contributed by atoms with Crippen molar-refractivity contribution in [1.29, 1.82) is 0 Å². The summed E-state index contributed by atoms with van der Waals surface area (Å²) in [5.74, 6) is -0.683. The van der Waals surface area contributed by atoms with Gasteiger partial charge in [0.25, 0.3) is 0 Å². The van der Waals surface area contributed by atoms with Gasteiger partial charge in [0, 0.05) is 19.5 Å². The van der Waals surface area contributed by atoms with E-state index in [2.05, 4.69) is 24.5 Å². The molecule has 0 aromatic heterocycles. The maximum atomic E-state index is 14.4. The lowest BCUT2D eigenvalue weighted by Crippen LogP contribution is -2.54. The number of phenols is 1. The molecule has 226 valence electrons. The first-order valence-electron chi connectivity index (χ1n) is 15.0. The van der Waals surface area contributed by atoms with Gasteiger partial charge in [0.1, 0.15) is 23.4 Å². The highest BCUT2D eigenvalue weighted by Gasteiger charge is 2.36. The molecule has 0 aliphatic rings. The Labute approximate surface area is 245 Å². The van der Waals surface area contributed by atoms with Gasteiger partial charge in [-0.2, -0.15) is 0 Å². The highest BCUT2D eigenvalue weighted by molar-refractivity contribution is 5.92. The van der Waals surface area contributed by atoms with Crippen molar-refractivity contribution in [3.63, 3.8) is 0 Å². The van der Waals surface area contributed by atoms with Crippen molar-refractivity contribution in [2.24, 2.45) is 0 Å². The number of ether oxygens (including phenoxy) is 1. The number of nitrogens with zero attached hydrogens (tertiary/aromatic N) is 1. The number of unbranched alkanes of at least 4 members (excludes halogenated alkanes) is 5. The smallest absolute Gasteiger partial charge is 0.408 e. The molecule has 8 heteroatoms. The third-order valence-electron chi connectivity index (χ3n) is 6.63. The fourth-order valence-electron chi connectivity index (χ4n) is 4.63. The van der Waals surface area contributed by atoms with E-state index in [1.54, 1.807) is 37.8 Å². The van der Waals surface area contributed by atoms with Gasteiger partial charge in [-0.1, -0.05) is 88.4 Å². The molecule has 0 saturated carbocycles. The van der Waals surface area contributed by atoms with Crippen LogP contribution < -0.4 is 10.6 Å². The molecule has 41 heavy (non-hydrogen) atoms. The SMILES string of the molecule is CCCCCCN(C(=O)C(Cc1ccccc1)NC(=O)OC(C)(C)C)C(C(=O)NCCCCC)c1cccc(O)c1. The summed E-state index contributed by atoms with van der Waals surface area (Å²) in [4.78, 5) is 42.6. The quantitative estimate of drug-likeness (QED) is 0.207. The first-order valence-corrected chi connectivity index (χ1v) is 15.0. The number of benzene rings is 2. The molecule has 2 atom stereocenters. The summed E-state index contributed by atoms with van der Waals surface area (Å²) in [6.45, 7) is 10.3. The lowest BCUT2D eigenvalue weighted by Gasteiger charge is -2.34. The number of alkyl carbamates (subject to hydrolysis) is 1. The molecule has 0 saturated heterocycles. The Morgan fingerprint density at radius 2 is 1.59 bits per heavy atom. The zero-order valence-corrected chi connectivity index (χ0v) is 25.4. The Balaban J connectivity index is 2.50. The molecular formula is C33H49N3O5. The van der Waals surface area contributed by atoms with Crippen LogP contribution in [0.1, 0.15) is 96.7 Å². The molecule has 0 radical (unpaired) electrons. The lowest BCUT2D eigenvalue weighted by atomic mass is 9.99. The average Bonchev–Trinajstić information content (AvgIpc) is 2.91. The van der Waals surface area contributed by atoms with Crippen LogP contribution in [0.5, 0.6) is 5.75 Å². The van der Waals surface area contributed by atoms with E-state index in [1.165, 1.54) is 12.1 Å². The normalized spacial score (nSPS) is 12.7. The minimum Gasteiger partial charge on any atom is -0.508 e. The van der Waals surface area contributed by atoms with Crippen molar-refractivity contribution < 1.29 is 24.2 Å². The van der Waals surface area contributed by atoms with Crippen molar-refractivity contribution in [2.75, 3.05) is 13.1 Å². The number of amides is 3. The summed E-state index contributed by atoms with van der Waals surface area (Å²) < 4.78 is 5.50. The van der Waals surface area contributed by atoms with Gasteiger partial charge in [0.05, 0.1) is 0 Å². The van der Waals surface area contributed by atoms with Gasteiger partial charge in [0.15, 0.2) is 0 Å². The van der Waals surface area contributed by atoms with Crippen LogP contribution in [0.4, 0.5) is 4.79 Å². The third kappa shape index (κ3) is 12.2. The molecule has 0 aliphatic carbocycles. The third-order valence-corrected chi connectivity index (χ3v) is 6.63. The Hall–Kier alpha value is -3.55. The monoisotopic (exact) mass is 567 g/mol. The van der Waals surface area contributed by atoms with Crippen LogP contribution in [-0.4, -0.2) is 52.6 Å². The van der Waals surface area contributed by atoms with Crippen molar-refractivity contribution >= 4 is 17.9 Å². The van der Waals surface area contributed by atoms with Gasteiger partial charge < -0.3 is 25.4 Å². The fraction of sp³-hybridized carbons (Fsp3) is 0.545. The van der Waals surface area contributed by atoms with Crippen LogP contribution in [0, 0.1) is 0 Å². The molecule has 2 aromatic carbocycles. The van der Waals surface area contributed by atoms with E-state index in [-0.39, 0.29) is 24.0 Å². The van der Waals surface area contributed by atoms with Gasteiger partial charge in [-0.25, -0.2) is 4.79 Å². The van der Waals surface area contributed by atoms with E-state index < -0.39 is 23.8 Å². The minimum atomic E-state index is -0.975. The second kappa shape index (κ2) is 17.3. The molecule has 2 unspecified atom stereocenters. The number of carbonyl (C=O) groups excluding carboxylic acids is 3. The van der Waals surface area contributed by atoms with E-state index in [0.29, 0.717) is 25.1 Å². The predicted octanol–water partition coefficient (Wildman–Crippen LogP) is 6.28. The second-order valence-corrected chi connectivity index (χ2v) is 11.5. The molecule has 0 bridgehead atoms. The summed E-state index contributed by atoms with van der Waals surface area (Å²) in [7, 11) is 0. The largest absolute Gasteiger partial charge is 0.508 e. The number of rotatable bonds is 16. The van der Waals surface area contributed by atoms with Crippen LogP contribution in [0.2, 0.25) is 0 Å². The number of aromatic hydroxyl groups is 1. The van der Waals surface area contributed by atoms with Gasteiger partial charge in [-0.15, -0.1) is 0 Å². The van der Waals surface area contributed by atoms with E-state index >= 15 is 0 Å². The topological polar surface area (TPSA) is 108 Å². The molecule has 0 aliphatic heterocycles. The summed E-state index contributed by atoms with van der Waals surface area (Å²) in [5.41, 5.74) is 0.635. The summed E-state index contributed by atoms with van der Waals surface area (Å²) in [6, 6.07) is 14.0. The average molecular weight is 568 g/mol. The van der Waals surface area contributed by atoms with Crippen LogP contribution in [0.15, 0.2) is 54.6 Å². The summed E-state index contributed by atoms with van der Waals surface area (Å²) >= 11 is 0. The van der Waals surface area contributed by atoms with Crippen LogP contribution >= 0.6 is 0 Å². The van der Waals surface area contributed by atoms with Crippen molar-refractivity contribution in [3.8, 4) is 5.75 Å². The zero-order chi connectivity index (χ0) is 30.3. The molecule has 2 aromatic rings. The van der Waals surface area contributed by atoms with Crippen molar-refractivity contribution in [3.05, 3.63) is 65.7 Å². The molecule has 0 fully saturated rings. The van der Waals surface area contributed by atoms with Gasteiger partial charge in [-0.3, -0.25) is 9.59 Å². The zero-order valence-electron chi connectivity index (χ0n) is 25.4. The molecule has 3 N–H and O–H groups in total. The molecule has 0 heterocycles. The molecule has 3 amide bonds. The number of hydrogen-bond acceptors (Lipinski definition) is 5. The first kappa shape index (κ1) is 33.7. The number of nitrogens with one attached hydrogen (secondary N) is 2. The van der Waals surface area contributed by atoms with E-state index in [9.17, 15) is 19.5 Å². The van der Waals surface area contributed by atoms with Gasteiger partial charge in [-0.05, 0) is 56.9 Å². The summed E-state index contributed by atoms with van der Waals surface area (Å²) in [5, 5.41) is 16.1. The predicted molar refractivity (Wildman–Crippen MR) is 163 cm³/mol. The van der Waals surface area contributed by atoms with Crippen LogP contribution in [0.25, 0.3) is 0 Å². The molecular weight excluding hydrogens is 518 g/mol. The maximum Gasteiger partial charge on any atom is 0.408 e. The Kier molecular flexibility index (Phi) is 14.2. The van der Waals surface area contributed by atoms with Crippen molar-refractivity contribution in [1.82, 2.24) is 15.5 Å². The second-order valence-electron chi connectivity index (χ2n) is 11.5. The molecule has 2 rings (SSSR count). The maximum absolute atomic E-state index is 14.4. The van der Waals surface area contributed by atoms with Crippen molar-refractivity contribution in [2.45, 2.75) is 104 Å². The standard InChI is InChI=1S/C33H49N3O5/c1-6-8-10-15-22-36(29(26-19-16-20-27(37)24-26)30(38)34-21-14-9-7-2)31(39)28(23-25-17-12-11-13-18-25)35-32(40)41-33(3,4)5/h11-13,16-20,24,28-29,37H,6-10,14-15,21-23H2,1-5H3,(H,34,38)(H,35,40). The van der Waals surface area contributed by atoms with Gasteiger partial charge >= 0.3 is 6.09 Å². The van der Waals surface area contributed by atoms with Crippen LogP contribution in [0.3, 0.4) is 0 Å². The highest BCUT2D eigenvalue weighted by atomic mass is 16.6. The Morgan fingerprint density at radius 1 is 0.902 bits per heavy atom. The lowest BCUT2D eigenvalue weighted by molar-refractivity contribution is -0.142. The number of hydrogen-bond donors (Lipinski definition) is 3. The van der Waals surface area contributed by atoms with Crippen LogP contribution in [-0.2, 0) is 20.7 Å². The Bertz CT molecular complexity index is 1080. The summed E-state index contributed by atoms with van der Waals surface area (Å²) in [6.07, 6.45) is 5.99. The number of phenolic OH excluding ortho intramolecular Hbond substituents is 1. The molecule has 8 nitrogen and oxygen atoms in total. The fourth-order valence-corrected chi connectivity index (χ4v) is 4.63. The van der Waals surface area contributed by atoms with E-state index in [1.807, 2.05) is 30.3 Å². The number of carbonyl (C=O) groups is 3. The van der Waals surface area contributed by atoms with E-state index in [0.717, 1.165) is 44.1 Å². The molecule has 0 spiro atoms. The minimum absolute atomic E-state index is 0.0115. The highest BCUT2D eigenvalue weighted by Crippen LogP contribution is 2.27. The Morgan fingerprint density at radius 3 is 2.22 bits per heavy atom. The van der Waals surface area contributed by atoms with Gasteiger partial charge in [0.2, 0.25) is 11.8 Å². The first-order chi connectivity index (χ1) is 19.6.